The number of nitrogens with one attached hydrogen (secondary N) is 1. The third kappa shape index (κ3) is 41.8. The van der Waals surface area contributed by atoms with Crippen molar-refractivity contribution in [2.75, 3.05) is 13.2 Å². The Morgan fingerprint density at radius 1 is 0.465 bits per heavy atom. The lowest BCUT2D eigenvalue weighted by Gasteiger charge is -2.40. The van der Waals surface area contributed by atoms with E-state index < -0.39 is 49.5 Å². The number of rotatable bonds is 55. The van der Waals surface area contributed by atoms with Crippen LogP contribution in [0.2, 0.25) is 0 Å². The normalized spacial score (nSPS) is 19.2. The van der Waals surface area contributed by atoms with Crippen LogP contribution in [0.1, 0.15) is 322 Å². The van der Waals surface area contributed by atoms with Gasteiger partial charge in [-0.1, -0.05) is 289 Å². The van der Waals surface area contributed by atoms with Gasteiger partial charge in [0.1, 0.15) is 24.4 Å². The first-order valence-electron chi connectivity index (χ1n) is 31.4. The molecule has 1 amide bonds. The van der Waals surface area contributed by atoms with Gasteiger partial charge in [-0.2, -0.15) is 0 Å². The number of hydrogen-bond acceptors (Lipinski definition) is 8. The highest BCUT2D eigenvalue weighted by atomic mass is 16.7. The molecule has 0 radical (unpaired) electrons. The van der Waals surface area contributed by atoms with E-state index in [9.17, 15) is 30.3 Å². The zero-order chi connectivity index (χ0) is 51.5. The Labute approximate surface area is 439 Å². The fourth-order valence-electron chi connectivity index (χ4n) is 10.4. The molecule has 1 rings (SSSR count). The fourth-order valence-corrected chi connectivity index (χ4v) is 10.4. The molecule has 1 fully saturated rings. The number of aliphatic hydroxyl groups is 5. The maximum Gasteiger partial charge on any atom is 0.220 e. The van der Waals surface area contributed by atoms with Crippen LogP contribution in [0.25, 0.3) is 0 Å². The molecule has 1 heterocycles. The van der Waals surface area contributed by atoms with E-state index in [4.69, 9.17) is 9.47 Å². The topological polar surface area (TPSA) is 149 Å². The Balaban J connectivity index is 2.13. The zero-order valence-corrected chi connectivity index (χ0v) is 47.0. The average Bonchev–Trinajstić information content (AvgIpc) is 3.37. The summed E-state index contributed by atoms with van der Waals surface area (Å²) in [5.41, 5.74) is 0. The molecule has 6 N–H and O–H groups in total. The number of hydrogen-bond donors (Lipinski definition) is 6. The molecule has 1 saturated heterocycles. The number of allylic oxidation sites excluding steroid dienone is 2. The Morgan fingerprint density at radius 2 is 0.789 bits per heavy atom. The monoisotopic (exact) mass is 1010 g/mol. The summed E-state index contributed by atoms with van der Waals surface area (Å²) in [6, 6.07) is -0.716. The molecular formula is C62H121NO8. The van der Waals surface area contributed by atoms with E-state index >= 15 is 0 Å². The number of ether oxygens (including phenoxy) is 2. The van der Waals surface area contributed by atoms with Gasteiger partial charge in [0.15, 0.2) is 6.29 Å². The summed E-state index contributed by atoms with van der Waals surface area (Å²) in [5, 5.41) is 54.7. The van der Waals surface area contributed by atoms with E-state index in [1.165, 1.54) is 257 Å². The summed E-state index contributed by atoms with van der Waals surface area (Å²) in [6.07, 6.45) is 58.3. The highest BCUT2D eigenvalue weighted by molar-refractivity contribution is 5.76. The van der Waals surface area contributed by atoms with Gasteiger partial charge in [-0.3, -0.25) is 4.79 Å². The van der Waals surface area contributed by atoms with Crippen LogP contribution in [0.4, 0.5) is 0 Å². The minimum absolute atomic E-state index is 0.133. The van der Waals surface area contributed by atoms with E-state index in [1.54, 1.807) is 0 Å². The third-order valence-corrected chi connectivity index (χ3v) is 15.4. The first kappa shape index (κ1) is 67.9. The smallest absolute Gasteiger partial charge is 0.220 e. The summed E-state index contributed by atoms with van der Waals surface area (Å²) < 4.78 is 11.3. The molecule has 7 unspecified atom stereocenters. The van der Waals surface area contributed by atoms with Gasteiger partial charge < -0.3 is 40.3 Å². The van der Waals surface area contributed by atoms with Crippen molar-refractivity contribution < 1.29 is 39.8 Å². The number of carbonyl (C=O) groups excluding carboxylic acids is 1. The van der Waals surface area contributed by atoms with Crippen LogP contribution < -0.4 is 5.32 Å². The van der Waals surface area contributed by atoms with Crippen molar-refractivity contribution in [2.45, 2.75) is 365 Å². The molecule has 0 aliphatic carbocycles. The van der Waals surface area contributed by atoms with Crippen LogP contribution in [0, 0.1) is 0 Å². The first-order chi connectivity index (χ1) is 34.8. The number of aliphatic hydroxyl groups excluding tert-OH is 5. The van der Waals surface area contributed by atoms with Gasteiger partial charge in [-0.25, -0.2) is 0 Å². The molecule has 0 spiro atoms. The number of amides is 1. The van der Waals surface area contributed by atoms with Crippen LogP contribution in [-0.4, -0.2) is 87.5 Å². The highest BCUT2D eigenvalue weighted by Gasteiger charge is 2.44. The van der Waals surface area contributed by atoms with Crippen LogP contribution in [0.3, 0.4) is 0 Å². The molecule has 1 aliphatic heterocycles. The number of carbonyl (C=O) groups is 1. The minimum Gasteiger partial charge on any atom is -0.394 e. The maximum absolute atomic E-state index is 13.1. The molecule has 0 aromatic heterocycles. The molecule has 0 aromatic rings. The largest absolute Gasteiger partial charge is 0.394 e. The SMILES string of the molecule is CCCCCCCCCCCCCC/C=C\CCCCCCCCCCCCCCCCC(=O)NC(COC1OC(CO)C(O)C(O)C1O)C(O)CCCCCCCCCCCCCCCCCCCC. The summed E-state index contributed by atoms with van der Waals surface area (Å²) >= 11 is 0. The predicted octanol–water partition coefficient (Wildman–Crippen LogP) is 16.0. The van der Waals surface area contributed by atoms with Crippen molar-refractivity contribution in [1.82, 2.24) is 5.32 Å². The summed E-state index contributed by atoms with van der Waals surface area (Å²) in [5.74, 6) is -0.138. The average molecular weight is 1010 g/mol. The number of unbranched alkanes of at least 4 members (excludes halogenated alkanes) is 43. The van der Waals surface area contributed by atoms with Crippen molar-refractivity contribution in [3.05, 3.63) is 12.2 Å². The van der Waals surface area contributed by atoms with E-state index in [1.807, 2.05) is 0 Å². The molecule has 7 atom stereocenters. The van der Waals surface area contributed by atoms with Gasteiger partial charge >= 0.3 is 0 Å². The highest BCUT2D eigenvalue weighted by Crippen LogP contribution is 2.23. The quantitative estimate of drug-likeness (QED) is 0.0261. The first-order valence-corrected chi connectivity index (χ1v) is 31.4. The summed E-state index contributed by atoms with van der Waals surface area (Å²) in [6.45, 7) is 3.89. The van der Waals surface area contributed by atoms with Gasteiger partial charge in [-0.15, -0.1) is 0 Å². The molecule has 0 saturated carbocycles. The van der Waals surface area contributed by atoms with Crippen LogP contribution in [0.15, 0.2) is 12.2 Å². The predicted molar refractivity (Wildman–Crippen MR) is 300 cm³/mol. The zero-order valence-electron chi connectivity index (χ0n) is 47.0. The third-order valence-electron chi connectivity index (χ3n) is 15.4. The van der Waals surface area contributed by atoms with Crippen molar-refractivity contribution in [1.29, 1.82) is 0 Å². The molecule has 422 valence electrons. The second kappa shape index (κ2) is 52.4. The molecular weight excluding hydrogens is 887 g/mol. The fraction of sp³-hybridized carbons (Fsp3) is 0.952. The van der Waals surface area contributed by atoms with Gasteiger partial charge in [0.2, 0.25) is 5.91 Å². The minimum atomic E-state index is -1.55. The summed E-state index contributed by atoms with van der Waals surface area (Å²) in [7, 11) is 0. The standard InChI is InChI=1S/C62H121NO8/c1-3-5-7-9-11-13-15-17-19-21-23-24-25-26-27-28-29-30-31-32-33-34-36-38-40-42-44-46-48-50-52-58(66)63-55(54-70-62-61(69)60(68)59(67)57(53-64)71-62)56(65)51-49-47-45-43-41-39-37-35-22-20-18-16-14-12-10-8-6-4-2/h26-27,55-57,59-62,64-65,67-69H,3-25,28-54H2,1-2H3,(H,63,66)/b27-26-. The van der Waals surface area contributed by atoms with E-state index in [0.717, 1.165) is 38.5 Å². The Kier molecular flexibility index (Phi) is 50.1. The van der Waals surface area contributed by atoms with Crippen molar-refractivity contribution in [2.24, 2.45) is 0 Å². The lowest BCUT2D eigenvalue weighted by atomic mass is 9.99. The molecule has 0 bridgehead atoms. The van der Waals surface area contributed by atoms with Gasteiger partial charge in [0, 0.05) is 6.42 Å². The van der Waals surface area contributed by atoms with Crippen molar-refractivity contribution in [3.8, 4) is 0 Å². The van der Waals surface area contributed by atoms with Crippen LogP contribution in [0.5, 0.6) is 0 Å². The lowest BCUT2D eigenvalue weighted by molar-refractivity contribution is -0.302. The van der Waals surface area contributed by atoms with Gasteiger partial charge in [0.05, 0.1) is 25.4 Å². The lowest BCUT2D eigenvalue weighted by Crippen LogP contribution is -2.60. The second-order valence-corrected chi connectivity index (χ2v) is 22.2. The van der Waals surface area contributed by atoms with Crippen molar-refractivity contribution >= 4 is 5.91 Å². The van der Waals surface area contributed by atoms with Gasteiger partial charge in [0.25, 0.3) is 0 Å². The molecule has 71 heavy (non-hydrogen) atoms. The molecule has 9 nitrogen and oxygen atoms in total. The second-order valence-electron chi connectivity index (χ2n) is 22.2. The Bertz CT molecular complexity index is 1120. The molecule has 0 aromatic carbocycles. The Morgan fingerprint density at radius 3 is 1.14 bits per heavy atom. The summed E-state index contributed by atoms with van der Waals surface area (Å²) in [4.78, 5) is 13.1. The van der Waals surface area contributed by atoms with Gasteiger partial charge in [-0.05, 0) is 38.5 Å². The molecule has 1 aliphatic rings. The van der Waals surface area contributed by atoms with E-state index in [2.05, 4.69) is 31.3 Å². The maximum atomic E-state index is 13.1. The Hall–Kier alpha value is -1.07. The molecule has 9 heteroatoms. The van der Waals surface area contributed by atoms with E-state index in [0.29, 0.717) is 12.8 Å². The van der Waals surface area contributed by atoms with Crippen LogP contribution in [-0.2, 0) is 14.3 Å². The van der Waals surface area contributed by atoms with E-state index in [-0.39, 0.29) is 12.5 Å². The van der Waals surface area contributed by atoms with Crippen LogP contribution >= 0.6 is 0 Å². The van der Waals surface area contributed by atoms with Crippen molar-refractivity contribution in [3.63, 3.8) is 0 Å².